The Hall–Kier alpha value is -0.480. The van der Waals surface area contributed by atoms with Crippen LogP contribution in [-0.2, 0) is 0 Å². The van der Waals surface area contributed by atoms with Crippen molar-refractivity contribution in [3.63, 3.8) is 0 Å². The quantitative estimate of drug-likeness (QED) is 0.455. The van der Waals surface area contributed by atoms with Crippen LogP contribution in [0.2, 0.25) is 0 Å². The van der Waals surface area contributed by atoms with E-state index in [1.807, 2.05) is 6.92 Å². The molecule has 0 amide bonds. The van der Waals surface area contributed by atoms with Gasteiger partial charge < -0.3 is 5.32 Å². The van der Waals surface area contributed by atoms with Gasteiger partial charge in [0.15, 0.2) is 0 Å². The molecular weight excluding hydrogens is 134 g/mol. The van der Waals surface area contributed by atoms with Gasteiger partial charge in [-0.1, -0.05) is 13.3 Å². The third-order valence-corrected chi connectivity index (χ3v) is 1.58. The van der Waals surface area contributed by atoms with Crippen LogP contribution in [0.15, 0.2) is 0 Å². The van der Waals surface area contributed by atoms with Crippen molar-refractivity contribution in [2.45, 2.75) is 39.5 Å². The summed E-state index contributed by atoms with van der Waals surface area (Å²) in [7, 11) is 0. The molecule has 0 aromatic carbocycles. The van der Waals surface area contributed by atoms with E-state index in [-0.39, 0.29) is 0 Å². The van der Waals surface area contributed by atoms with Crippen LogP contribution in [0.1, 0.15) is 39.5 Å². The van der Waals surface area contributed by atoms with Gasteiger partial charge in [-0.3, -0.25) is 0 Å². The van der Waals surface area contributed by atoms with Gasteiger partial charge in [0.05, 0.1) is 0 Å². The van der Waals surface area contributed by atoms with Crippen molar-refractivity contribution in [2.75, 3.05) is 13.1 Å². The molecule has 0 bridgehead atoms. The van der Waals surface area contributed by atoms with E-state index in [4.69, 9.17) is 0 Å². The maximum atomic E-state index is 3.30. The SMILES string of the molecule is CC#CCCCCCNCC. The van der Waals surface area contributed by atoms with Gasteiger partial charge in [-0.05, 0) is 32.9 Å². The molecule has 0 spiro atoms. The second kappa shape index (κ2) is 9.52. The highest BCUT2D eigenvalue weighted by atomic mass is 14.8. The van der Waals surface area contributed by atoms with Crippen molar-refractivity contribution in [2.24, 2.45) is 0 Å². The summed E-state index contributed by atoms with van der Waals surface area (Å²) in [6.45, 7) is 6.30. The number of rotatable bonds is 6. The molecule has 0 atom stereocenters. The van der Waals surface area contributed by atoms with Crippen LogP contribution in [0.25, 0.3) is 0 Å². The fraction of sp³-hybridized carbons (Fsp3) is 0.800. The first-order chi connectivity index (χ1) is 5.41. The Bertz CT molecular complexity index is 119. The van der Waals surface area contributed by atoms with E-state index in [1.165, 1.54) is 19.3 Å². The third kappa shape index (κ3) is 9.52. The summed E-state index contributed by atoms with van der Waals surface area (Å²) in [6, 6.07) is 0. The molecule has 1 nitrogen and oxygen atoms in total. The molecule has 0 fully saturated rings. The lowest BCUT2D eigenvalue weighted by Gasteiger charge is -1.98. The molecule has 0 aliphatic carbocycles. The van der Waals surface area contributed by atoms with E-state index in [1.54, 1.807) is 0 Å². The molecule has 11 heavy (non-hydrogen) atoms. The lowest BCUT2D eigenvalue weighted by Crippen LogP contribution is -2.13. The van der Waals surface area contributed by atoms with Gasteiger partial charge in [-0.2, -0.15) is 0 Å². The zero-order chi connectivity index (χ0) is 8.36. The van der Waals surface area contributed by atoms with Gasteiger partial charge in [0.2, 0.25) is 0 Å². The van der Waals surface area contributed by atoms with Crippen molar-refractivity contribution in [1.82, 2.24) is 5.32 Å². The monoisotopic (exact) mass is 153 g/mol. The summed E-state index contributed by atoms with van der Waals surface area (Å²) in [6.07, 6.45) is 4.93. The van der Waals surface area contributed by atoms with E-state index >= 15 is 0 Å². The Balaban J connectivity index is 2.83. The van der Waals surface area contributed by atoms with Crippen LogP contribution in [0.4, 0.5) is 0 Å². The average molecular weight is 153 g/mol. The average Bonchev–Trinajstić information content (AvgIpc) is 2.03. The summed E-state index contributed by atoms with van der Waals surface area (Å²) >= 11 is 0. The van der Waals surface area contributed by atoms with E-state index in [0.717, 1.165) is 19.5 Å². The van der Waals surface area contributed by atoms with Crippen LogP contribution in [0.5, 0.6) is 0 Å². The molecule has 0 unspecified atom stereocenters. The van der Waals surface area contributed by atoms with E-state index < -0.39 is 0 Å². The molecule has 0 aromatic heterocycles. The molecule has 0 rings (SSSR count). The van der Waals surface area contributed by atoms with Crippen LogP contribution in [0, 0.1) is 11.8 Å². The topological polar surface area (TPSA) is 12.0 Å². The molecule has 0 radical (unpaired) electrons. The summed E-state index contributed by atoms with van der Waals surface area (Å²) in [5, 5.41) is 3.30. The highest BCUT2D eigenvalue weighted by molar-refractivity contribution is 4.94. The predicted octanol–water partition coefficient (Wildman–Crippen LogP) is 2.18. The minimum absolute atomic E-state index is 1.07. The highest BCUT2D eigenvalue weighted by Crippen LogP contribution is 1.96. The normalized spacial score (nSPS) is 8.91. The third-order valence-electron chi connectivity index (χ3n) is 1.58. The largest absolute Gasteiger partial charge is 0.317 e. The van der Waals surface area contributed by atoms with E-state index in [2.05, 4.69) is 24.1 Å². The standard InChI is InChI=1S/C10H19N/c1-3-5-6-7-8-9-10-11-4-2/h11H,4,6-10H2,1-2H3. The van der Waals surface area contributed by atoms with Crippen molar-refractivity contribution in [3.05, 3.63) is 0 Å². The Labute approximate surface area is 70.6 Å². The first kappa shape index (κ1) is 10.5. The van der Waals surface area contributed by atoms with Crippen LogP contribution < -0.4 is 5.32 Å². The molecule has 0 aliphatic heterocycles. The molecule has 1 N–H and O–H groups in total. The van der Waals surface area contributed by atoms with Gasteiger partial charge in [-0.15, -0.1) is 11.8 Å². The second-order valence-corrected chi connectivity index (χ2v) is 2.59. The number of unbranched alkanes of at least 4 members (excludes halogenated alkanes) is 3. The predicted molar refractivity (Wildman–Crippen MR) is 50.5 cm³/mol. The van der Waals surface area contributed by atoms with Crippen LogP contribution in [-0.4, -0.2) is 13.1 Å². The van der Waals surface area contributed by atoms with Crippen molar-refractivity contribution in [3.8, 4) is 11.8 Å². The molecule has 0 aromatic rings. The van der Waals surface area contributed by atoms with Gasteiger partial charge in [-0.25, -0.2) is 0 Å². The molecular formula is C10H19N. The van der Waals surface area contributed by atoms with Gasteiger partial charge in [0.25, 0.3) is 0 Å². The van der Waals surface area contributed by atoms with Crippen molar-refractivity contribution < 1.29 is 0 Å². The Morgan fingerprint density at radius 1 is 1.18 bits per heavy atom. The van der Waals surface area contributed by atoms with Crippen molar-refractivity contribution >= 4 is 0 Å². The maximum Gasteiger partial charge on any atom is 0.00885 e. The molecule has 64 valence electrons. The minimum atomic E-state index is 1.07. The van der Waals surface area contributed by atoms with Crippen LogP contribution >= 0.6 is 0 Å². The molecule has 0 heterocycles. The zero-order valence-corrected chi connectivity index (χ0v) is 7.74. The Morgan fingerprint density at radius 2 is 2.00 bits per heavy atom. The van der Waals surface area contributed by atoms with E-state index in [0.29, 0.717) is 0 Å². The van der Waals surface area contributed by atoms with Gasteiger partial charge in [0.1, 0.15) is 0 Å². The molecule has 0 aliphatic rings. The second-order valence-electron chi connectivity index (χ2n) is 2.59. The van der Waals surface area contributed by atoms with Crippen molar-refractivity contribution in [1.29, 1.82) is 0 Å². The first-order valence-corrected chi connectivity index (χ1v) is 4.52. The Kier molecular flexibility index (Phi) is 9.10. The smallest absolute Gasteiger partial charge is 0.00885 e. The fourth-order valence-corrected chi connectivity index (χ4v) is 0.942. The highest BCUT2D eigenvalue weighted by Gasteiger charge is 1.85. The number of hydrogen-bond acceptors (Lipinski definition) is 1. The first-order valence-electron chi connectivity index (χ1n) is 4.52. The minimum Gasteiger partial charge on any atom is -0.317 e. The summed E-state index contributed by atoms with van der Waals surface area (Å²) in [4.78, 5) is 0. The van der Waals surface area contributed by atoms with Gasteiger partial charge in [0, 0.05) is 6.42 Å². The summed E-state index contributed by atoms with van der Waals surface area (Å²) in [5.41, 5.74) is 0. The van der Waals surface area contributed by atoms with Gasteiger partial charge >= 0.3 is 0 Å². The molecule has 1 heteroatoms. The molecule has 0 saturated heterocycles. The summed E-state index contributed by atoms with van der Waals surface area (Å²) < 4.78 is 0. The zero-order valence-electron chi connectivity index (χ0n) is 7.74. The molecule has 0 saturated carbocycles. The van der Waals surface area contributed by atoms with Crippen LogP contribution in [0.3, 0.4) is 0 Å². The number of hydrogen-bond donors (Lipinski definition) is 1. The lowest BCUT2D eigenvalue weighted by atomic mass is 10.2. The Morgan fingerprint density at radius 3 is 2.64 bits per heavy atom. The fourth-order valence-electron chi connectivity index (χ4n) is 0.942. The summed E-state index contributed by atoms with van der Waals surface area (Å²) in [5.74, 6) is 5.97. The number of nitrogens with one attached hydrogen (secondary N) is 1. The maximum absolute atomic E-state index is 3.30. The lowest BCUT2D eigenvalue weighted by molar-refractivity contribution is 0.623. The van der Waals surface area contributed by atoms with E-state index in [9.17, 15) is 0 Å².